The van der Waals surface area contributed by atoms with Gasteiger partial charge in [-0.15, -0.1) is 10.2 Å². The lowest BCUT2D eigenvalue weighted by atomic mass is 10.0. The van der Waals surface area contributed by atoms with Crippen molar-refractivity contribution in [2.75, 3.05) is 11.9 Å². The number of nitrogens with one attached hydrogen (secondary N) is 1. The molecular formula is C12H16N4O. The highest BCUT2D eigenvalue weighted by atomic mass is 16.1. The predicted molar refractivity (Wildman–Crippen MR) is 63.4 cm³/mol. The Bertz CT molecular complexity index is 434. The molecule has 2 aliphatic rings. The summed E-state index contributed by atoms with van der Waals surface area (Å²) in [6, 6.07) is 3.37. The second-order valence-electron chi connectivity index (χ2n) is 5.16. The highest BCUT2D eigenvalue weighted by Crippen LogP contribution is 2.61. The maximum atomic E-state index is 10.8. The summed E-state index contributed by atoms with van der Waals surface area (Å²) in [6.07, 6.45) is 5.43. The molecule has 90 valence electrons. The maximum Gasteiger partial charge on any atom is 0.269 e. The number of aromatic nitrogens is 2. The van der Waals surface area contributed by atoms with Crippen molar-refractivity contribution in [3.8, 4) is 0 Å². The van der Waals surface area contributed by atoms with Crippen LogP contribution >= 0.6 is 0 Å². The molecule has 2 fully saturated rings. The van der Waals surface area contributed by atoms with Crippen molar-refractivity contribution in [1.29, 1.82) is 0 Å². The average Bonchev–Trinajstić information content (AvgIpc) is 3.17. The highest BCUT2D eigenvalue weighted by molar-refractivity contribution is 5.90. The van der Waals surface area contributed by atoms with Crippen LogP contribution in [0.15, 0.2) is 12.1 Å². The molecule has 0 unspecified atom stereocenters. The number of anilines is 1. The first-order chi connectivity index (χ1) is 8.20. The lowest BCUT2D eigenvalue weighted by Gasteiger charge is -2.14. The van der Waals surface area contributed by atoms with Crippen LogP contribution in [0.25, 0.3) is 0 Å². The van der Waals surface area contributed by atoms with Crippen molar-refractivity contribution in [3.05, 3.63) is 17.8 Å². The van der Waals surface area contributed by atoms with Gasteiger partial charge in [0.2, 0.25) is 0 Å². The molecule has 0 bridgehead atoms. The third kappa shape index (κ3) is 2.09. The van der Waals surface area contributed by atoms with Crippen molar-refractivity contribution in [2.24, 2.45) is 17.1 Å². The molecule has 0 spiro atoms. The lowest BCUT2D eigenvalue weighted by Crippen LogP contribution is -2.19. The molecule has 1 amide bonds. The number of nitrogens with two attached hydrogens (primary N) is 1. The monoisotopic (exact) mass is 232 g/mol. The highest BCUT2D eigenvalue weighted by Gasteiger charge is 2.53. The van der Waals surface area contributed by atoms with Gasteiger partial charge in [-0.3, -0.25) is 4.79 Å². The number of nitrogens with zero attached hydrogens (tertiary/aromatic N) is 2. The molecule has 1 aromatic heterocycles. The number of hydrogen-bond acceptors (Lipinski definition) is 4. The van der Waals surface area contributed by atoms with Crippen LogP contribution in [0.5, 0.6) is 0 Å². The van der Waals surface area contributed by atoms with Crippen LogP contribution in [0.2, 0.25) is 0 Å². The fourth-order valence-electron chi connectivity index (χ4n) is 2.41. The van der Waals surface area contributed by atoms with Crippen molar-refractivity contribution >= 4 is 11.7 Å². The summed E-state index contributed by atoms with van der Waals surface area (Å²) in [6.45, 7) is 0.974. The second kappa shape index (κ2) is 3.68. The van der Waals surface area contributed by atoms with E-state index in [9.17, 15) is 4.79 Å². The van der Waals surface area contributed by atoms with E-state index in [1.807, 2.05) is 0 Å². The smallest absolute Gasteiger partial charge is 0.269 e. The number of amides is 1. The number of carbonyl (C=O) groups is 1. The largest absolute Gasteiger partial charge is 0.368 e. The Labute approximate surface area is 99.8 Å². The van der Waals surface area contributed by atoms with Crippen LogP contribution in [-0.2, 0) is 0 Å². The van der Waals surface area contributed by atoms with Crippen LogP contribution in [0.1, 0.15) is 36.2 Å². The summed E-state index contributed by atoms with van der Waals surface area (Å²) in [7, 11) is 0. The number of hydrogen-bond donors (Lipinski definition) is 2. The van der Waals surface area contributed by atoms with Crippen molar-refractivity contribution < 1.29 is 4.79 Å². The predicted octanol–water partition coefficient (Wildman–Crippen LogP) is 1.18. The molecule has 2 saturated carbocycles. The quantitative estimate of drug-likeness (QED) is 0.798. The molecule has 0 saturated heterocycles. The van der Waals surface area contributed by atoms with Gasteiger partial charge in [0.25, 0.3) is 5.91 Å². The zero-order chi connectivity index (χ0) is 11.9. The van der Waals surface area contributed by atoms with Gasteiger partial charge in [0.15, 0.2) is 5.69 Å². The van der Waals surface area contributed by atoms with Gasteiger partial charge in [-0.25, -0.2) is 0 Å². The minimum atomic E-state index is -0.541. The maximum absolute atomic E-state index is 10.8. The third-order valence-electron chi connectivity index (χ3n) is 3.87. The first-order valence-corrected chi connectivity index (χ1v) is 6.07. The molecule has 0 aliphatic heterocycles. The van der Waals surface area contributed by atoms with E-state index >= 15 is 0 Å². The van der Waals surface area contributed by atoms with Crippen LogP contribution < -0.4 is 11.1 Å². The molecule has 0 atom stereocenters. The van der Waals surface area contributed by atoms with Gasteiger partial charge >= 0.3 is 0 Å². The molecular weight excluding hydrogens is 216 g/mol. The van der Waals surface area contributed by atoms with E-state index in [0.717, 1.165) is 18.3 Å². The molecule has 2 aliphatic carbocycles. The summed E-state index contributed by atoms with van der Waals surface area (Å²) in [4.78, 5) is 10.8. The van der Waals surface area contributed by atoms with Crippen LogP contribution in [0.4, 0.5) is 5.82 Å². The summed E-state index contributed by atoms with van der Waals surface area (Å²) >= 11 is 0. The molecule has 5 heteroatoms. The fourth-order valence-corrected chi connectivity index (χ4v) is 2.41. The van der Waals surface area contributed by atoms with Gasteiger partial charge in [0, 0.05) is 6.54 Å². The Morgan fingerprint density at radius 3 is 2.65 bits per heavy atom. The van der Waals surface area contributed by atoms with Gasteiger partial charge < -0.3 is 11.1 Å². The number of carbonyl (C=O) groups excluding carboxylic acids is 1. The van der Waals surface area contributed by atoms with E-state index < -0.39 is 5.91 Å². The summed E-state index contributed by atoms with van der Waals surface area (Å²) in [5.74, 6) is 1.11. The lowest BCUT2D eigenvalue weighted by molar-refractivity contribution is 0.0994. The Balaban J connectivity index is 1.59. The Hall–Kier alpha value is -1.65. The molecule has 1 heterocycles. The van der Waals surface area contributed by atoms with E-state index in [-0.39, 0.29) is 5.69 Å². The molecule has 0 aromatic carbocycles. The minimum absolute atomic E-state index is 0.207. The van der Waals surface area contributed by atoms with Crippen LogP contribution in [-0.4, -0.2) is 22.6 Å². The number of primary amides is 1. The first kappa shape index (κ1) is 10.5. The van der Waals surface area contributed by atoms with Crippen molar-refractivity contribution in [2.45, 2.75) is 25.7 Å². The van der Waals surface area contributed by atoms with Crippen LogP contribution in [0, 0.1) is 11.3 Å². The molecule has 17 heavy (non-hydrogen) atoms. The van der Waals surface area contributed by atoms with Gasteiger partial charge in [0.05, 0.1) is 0 Å². The van der Waals surface area contributed by atoms with Gasteiger partial charge in [-0.1, -0.05) is 0 Å². The minimum Gasteiger partial charge on any atom is -0.368 e. The zero-order valence-electron chi connectivity index (χ0n) is 9.65. The number of rotatable bonds is 5. The van der Waals surface area contributed by atoms with E-state index in [4.69, 9.17) is 5.73 Å². The normalized spacial score (nSPS) is 20.9. The van der Waals surface area contributed by atoms with Gasteiger partial charge in [-0.2, -0.15) is 0 Å². The van der Waals surface area contributed by atoms with E-state index in [2.05, 4.69) is 15.5 Å². The Morgan fingerprint density at radius 1 is 1.41 bits per heavy atom. The summed E-state index contributed by atoms with van der Waals surface area (Å²) in [5.41, 5.74) is 5.84. The van der Waals surface area contributed by atoms with E-state index in [1.165, 1.54) is 25.7 Å². The molecule has 5 nitrogen and oxygen atoms in total. The van der Waals surface area contributed by atoms with Crippen molar-refractivity contribution in [1.82, 2.24) is 10.2 Å². The molecule has 0 radical (unpaired) electrons. The van der Waals surface area contributed by atoms with Gasteiger partial charge in [0.1, 0.15) is 5.82 Å². The van der Waals surface area contributed by atoms with Crippen molar-refractivity contribution in [3.63, 3.8) is 0 Å². The topological polar surface area (TPSA) is 80.9 Å². The van der Waals surface area contributed by atoms with E-state index in [0.29, 0.717) is 5.41 Å². The van der Waals surface area contributed by atoms with E-state index in [1.54, 1.807) is 12.1 Å². The SMILES string of the molecule is NC(=O)c1ccc(NCC2(C3CC3)CC2)nn1. The second-order valence-corrected chi connectivity index (χ2v) is 5.16. The summed E-state index contributed by atoms with van der Waals surface area (Å²) in [5, 5.41) is 11.0. The summed E-state index contributed by atoms with van der Waals surface area (Å²) < 4.78 is 0. The third-order valence-corrected chi connectivity index (χ3v) is 3.87. The Morgan fingerprint density at radius 2 is 2.18 bits per heavy atom. The zero-order valence-corrected chi connectivity index (χ0v) is 9.65. The molecule has 3 N–H and O–H groups in total. The molecule has 3 rings (SSSR count). The average molecular weight is 232 g/mol. The fraction of sp³-hybridized carbons (Fsp3) is 0.583. The standard InChI is InChI=1S/C12H16N4O/c13-11(17)9-3-4-10(16-15-9)14-7-12(5-6-12)8-1-2-8/h3-4,8H,1-2,5-7H2,(H2,13,17)(H,14,16). The van der Waals surface area contributed by atoms with Crippen LogP contribution in [0.3, 0.4) is 0 Å². The van der Waals surface area contributed by atoms with Gasteiger partial charge in [-0.05, 0) is 49.1 Å². The first-order valence-electron chi connectivity index (χ1n) is 6.07. The molecule has 1 aromatic rings. The Kier molecular flexibility index (Phi) is 2.28.